The molecule has 0 aliphatic rings. The molecule has 0 saturated carbocycles. The molecule has 0 saturated heterocycles. The Morgan fingerprint density at radius 2 is 1.78 bits per heavy atom. The fraction of sp³-hybridized carbons (Fsp3) is 0. The molecule has 4 amide bonds. The summed E-state index contributed by atoms with van der Waals surface area (Å²) in [6.45, 7) is 0. The van der Waals surface area contributed by atoms with Gasteiger partial charge in [0, 0.05) is 0 Å². The van der Waals surface area contributed by atoms with E-state index in [9.17, 15) is 14.8 Å². The smallest absolute Gasteiger partial charge is 0.381 e. The number of aromatic nitrogens is 2. The van der Waals surface area contributed by atoms with Crippen LogP contribution in [0.2, 0.25) is 5.15 Å². The van der Waals surface area contributed by atoms with E-state index in [1.54, 1.807) is 0 Å². The molecular weight excluding hydrogens is 268 g/mol. The van der Waals surface area contributed by atoms with Gasteiger partial charge in [0.2, 0.25) is 5.82 Å². The third kappa shape index (κ3) is 2.48. The van der Waals surface area contributed by atoms with Gasteiger partial charge in [0.1, 0.15) is 0 Å². The van der Waals surface area contributed by atoms with Gasteiger partial charge >= 0.3 is 18.0 Å². The molecule has 0 fully saturated rings. The summed E-state index contributed by atoms with van der Waals surface area (Å²) in [6, 6.07) is -1.34. The second-order valence-electron chi connectivity index (χ2n) is 2.95. The summed E-state index contributed by atoms with van der Waals surface area (Å²) < 4.78 is -0.0264. The molecule has 0 atom stereocenters. The predicted molar refractivity (Wildman–Crippen MR) is 60.7 cm³/mol. The normalized spacial score (nSPS) is 9.94. The summed E-state index contributed by atoms with van der Waals surface area (Å²) in [5.41, 5.74) is 9.75. The van der Waals surface area contributed by atoms with Crippen LogP contribution < -0.4 is 37.9 Å². The van der Waals surface area contributed by atoms with Crippen LogP contribution in [0.4, 0.5) is 21.4 Å². The fourth-order valence-corrected chi connectivity index (χ4v) is 1.14. The minimum atomic E-state index is -1.16. The lowest BCUT2D eigenvalue weighted by atomic mass is 10.5. The number of hydrogen-bond donors (Lipinski definition) is 4. The zero-order valence-corrected chi connectivity index (χ0v) is 9.53. The standard InChI is InChI=1S/C6H9ClN8O3/c7-2-1-3(13(10)4(8)16)15(18)6(12-2)14(11)5(9)17/h1H,10-11H2,(H2,8,16)(H2,9,17). The summed E-state index contributed by atoms with van der Waals surface area (Å²) in [5.74, 6) is 9.28. The highest BCUT2D eigenvalue weighted by Gasteiger charge is 2.25. The van der Waals surface area contributed by atoms with E-state index in [0.717, 1.165) is 6.07 Å². The third-order valence-corrected chi connectivity index (χ3v) is 1.98. The van der Waals surface area contributed by atoms with E-state index in [1.165, 1.54) is 0 Å². The number of urea groups is 2. The highest BCUT2D eigenvalue weighted by Crippen LogP contribution is 2.15. The Morgan fingerprint density at radius 1 is 1.28 bits per heavy atom. The molecule has 0 bridgehead atoms. The van der Waals surface area contributed by atoms with E-state index in [-0.39, 0.29) is 14.9 Å². The van der Waals surface area contributed by atoms with Gasteiger partial charge < -0.3 is 16.7 Å². The number of nitrogens with two attached hydrogens (primary N) is 4. The van der Waals surface area contributed by atoms with Crippen molar-refractivity contribution < 1.29 is 14.3 Å². The number of nitrogens with zero attached hydrogens (tertiary/aromatic N) is 4. The van der Waals surface area contributed by atoms with Gasteiger partial charge in [-0.1, -0.05) is 4.98 Å². The summed E-state index contributed by atoms with van der Waals surface area (Å²) in [5, 5.41) is 12.0. The molecule has 0 aromatic carbocycles. The Morgan fingerprint density at radius 3 is 2.22 bits per heavy atom. The monoisotopic (exact) mass is 276 g/mol. The van der Waals surface area contributed by atoms with Crippen molar-refractivity contribution in [1.82, 2.24) is 4.98 Å². The van der Waals surface area contributed by atoms with E-state index >= 15 is 0 Å². The number of rotatable bonds is 2. The number of anilines is 2. The molecule has 0 radical (unpaired) electrons. The Hall–Kier alpha value is -2.37. The predicted octanol–water partition coefficient (Wildman–Crippen LogP) is -2.11. The van der Waals surface area contributed by atoms with Crippen molar-refractivity contribution in [1.29, 1.82) is 0 Å². The van der Waals surface area contributed by atoms with E-state index in [0.29, 0.717) is 5.01 Å². The van der Waals surface area contributed by atoms with Crippen molar-refractivity contribution in [2.45, 2.75) is 0 Å². The molecule has 98 valence electrons. The zero-order chi connectivity index (χ0) is 14.0. The molecule has 1 rings (SSSR count). The molecule has 0 aliphatic carbocycles. The molecule has 12 heteroatoms. The van der Waals surface area contributed by atoms with E-state index in [2.05, 4.69) is 4.98 Å². The van der Waals surface area contributed by atoms with Crippen molar-refractivity contribution in [3.05, 3.63) is 16.4 Å². The zero-order valence-electron chi connectivity index (χ0n) is 8.78. The lowest BCUT2D eigenvalue weighted by Crippen LogP contribution is -2.54. The van der Waals surface area contributed by atoms with Crippen LogP contribution in [0.3, 0.4) is 0 Å². The molecule has 11 nitrogen and oxygen atoms in total. The van der Waals surface area contributed by atoms with Gasteiger partial charge in [-0.15, -0.1) is 5.01 Å². The lowest BCUT2D eigenvalue weighted by Gasteiger charge is -2.20. The molecule has 0 aliphatic heterocycles. The second kappa shape index (κ2) is 4.87. The van der Waals surface area contributed by atoms with Crippen LogP contribution in [0.5, 0.6) is 0 Å². The number of amides is 4. The van der Waals surface area contributed by atoms with Crippen molar-refractivity contribution in [2.75, 3.05) is 10.0 Å². The van der Waals surface area contributed by atoms with Crippen LogP contribution in [0.1, 0.15) is 0 Å². The third-order valence-electron chi connectivity index (χ3n) is 1.78. The molecule has 1 aromatic heterocycles. The van der Waals surface area contributed by atoms with Gasteiger partial charge in [-0.05, 0) is 11.6 Å². The summed E-state index contributed by atoms with van der Waals surface area (Å²) in [7, 11) is 0. The highest BCUT2D eigenvalue weighted by molar-refractivity contribution is 6.29. The first-order valence-electron chi connectivity index (χ1n) is 4.24. The van der Waals surface area contributed by atoms with E-state index < -0.39 is 23.8 Å². The van der Waals surface area contributed by atoms with Crippen molar-refractivity contribution >= 4 is 35.4 Å². The van der Waals surface area contributed by atoms with Crippen LogP contribution >= 0.6 is 11.6 Å². The van der Waals surface area contributed by atoms with Gasteiger partial charge in [0.15, 0.2) is 5.15 Å². The average molecular weight is 277 g/mol. The lowest BCUT2D eigenvalue weighted by molar-refractivity contribution is -0.581. The maximum atomic E-state index is 11.7. The minimum absolute atomic E-state index is 0.0264. The summed E-state index contributed by atoms with van der Waals surface area (Å²) in [4.78, 5) is 25.2. The fourth-order valence-electron chi connectivity index (χ4n) is 0.971. The molecule has 1 aromatic rings. The maximum Gasteiger partial charge on any atom is 0.381 e. The molecular formula is C6H9ClN8O3. The summed E-state index contributed by atoms with van der Waals surface area (Å²) in [6.07, 6.45) is 0. The van der Waals surface area contributed by atoms with Gasteiger partial charge in [-0.3, -0.25) is 0 Å². The van der Waals surface area contributed by atoms with Crippen LogP contribution in [0.15, 0.2) is 6.07 Å². The van der Waals surface area contributed by atoms with Crippen molar-refractivity contribution in [3.8, 4) is 0 Å². The number of hydrazine groups is 2. The molecule has 1 heterocycles. The van der Waals surface area contributed by atoms with Crippen LogP contribution in [-0.4, -0.2) is 17.0 Å². The largest absolute Gasteiger partial charge is 0.754 e. The highest BCUT2D eigenvalue weighted by atomic mass is 35.5. The SMILES string of the molecule is NC(=O)N(N)c1cc(Cl)nc(N(N)C(N)=O)[n+]1[O-]. The van der Waals surface area contributed by atoms with Crippen LogP contribution in [-0.2, 0) is 0 Å². The number of primary amides is 2. The number of hydrogen-bond acceptors (Lipinski definition) is 6. The van der Waals surface area contributed by atoms with E-state index in [1.807, 2.05) is 0 Å². The quantitative estimate of drug-likeness (QED) is 0.119. The van der Waals surface area contributed by atoms with Gasteiger partial charge in [-0.2, -0.15) is 10.9 Å². The number of halogens is 1. The first-order chi connectivity index (χ1) is 8.25. The van der Waals surface area contributed by atoms with Crippen molar-refractivity contribution in [3.63, 3.8) is 0 Å². The number of carbonyl (C=O) groups is 2. The number of carbonyl (C=O) groups excluding carboxylic acids is 2. The maximum absolute atomic E-state index is 11.7. The van der Waals surface area contributed by atoms with E-state index in [4.69, 9.17) is 34.8 Å². The average Bonchev–Trinajstić information content (AvgIpc) is 2.29. The Kier molecular flexibility index (Phi) is 3.70. The summed E-state index contributed by atoms with van der Waals surface area (Å²) >= 11 is 5.59. The van der Waals surface area contributed by atoms with Crippen LogP contribution in [0.25, 0.3) is 0 Å². The molecule has 0 unspecified atom stereocenters. The Balaban J connectivity index is 3.39. The Labute approximate surface area is 105 Å². The first kappa shape index (κ1) is 13.7. The second-order valence-corrected chi connectivity index (χ2v) is 3.34. The molecule has 18 heavy (non-hydrogen) atoms. The Bertz CT molecular complexity index is 467. The molecule has 8 N–H and O–H groups in total. The van der Waals surface area contributed by atoms with Gasteiger partial charge in [-0.25, -0.2) is 20.2 Å². The van der Waals surface area contributed by atoms with Gasteiger partial charge in [0.25, 0.3) is 0 Å². The first-order valence-corrected chi connectivity index (χ1v) is 4.62. The van der Waals surface area contributed by atoms with Crippen molar-refractivity contribution in [2.24, 2.45) is 23.2 Å². The van der Waals surface area contributed by atoms with Crippen LogP contribution in [0, 0.1) is 5.21 Å². The minimum Gasteiger partial charge on any atom is -0.754 e. The van der Waals surface area contributed by atoms with Gasteiger partial charge in [0.05, 0.1) is 6.07 Å². The molecule has 0 spiro atoms. The topological polar surface area (TPSA) is 185 Å².